The lowest BCUT2D eigenvalue weighted by Crippen LogP contribution is -2.41. The first-order valence-electron chi connectivity index (χ1n) is 8.31. The van der Waals surface area contributed by atoms with E-state index in [-0.39, 0.29) is 16.7 Å². The summed E-state index contributed by atoms with van der Waals surface area (Å²) in [5, 5.41) is 2.55. The van der Waals surface area contributed by atoms with E-state index in [1.165, 1.54) is 30.3 Å². The van der Waals surface area contributed by atoms with E-state index in [2.05, 4.69) is 5.32 Å². The van der Waals surface area contributed by atoms with Gasteiger partial charge in [0.2, 0.25) is 0 Å². The Morgan fingerprint density at radius 1 is 1.00 bits per heavy atom. The van der Waals surface area contributed by atoms with Crippen molar-refractivity contribution in [2.24, 2.45) is 0 Å². The van der Waals surface area contributed by atoms with Crippen LogP contribution in [0.5, 0.6) is 0 Å². The summed E-state index contributed by atoms with van der Waals surface area (Å²) in [6.45, 7) is 7.55. The lowest BCUT2D eigenvalue weighted by Gasteiger charge is -2.32. The van der Waals surface area contributed by atoms with Crippen LogP contribution in [0.1, 0.15) is 38.1 Å². The second-order valence-corrected chi connectivity index (χ2v) is 7.29. The highest BCUT2D eigenvalue weighted by atomic mass is 19.1. The van der Waals surface area contributed by atoms with Gasteiger partial charge in [0, 0.05) is 16.7 Å². The Bertz CT molecular complexity index is 838. The lowest BCUT2D eigenvalue weighted by atomic mass is 9.78. The van der Waals surface area contributed by atoms with E-state index in [4.69, 9.17) is 9.31 Å². The van der Waals surface area contributed by atoms with Crippen LogP contribution in [-0.4, -0.2) is 24.2 Å². The van der Waals surface area contributed by atoms with Crippen LogP contribution >= 0.6 is 0 Å². The molecular weight excluding hydrogens is 339 g/mol. The number of nitrogens with one attached hydrogen (secondary N) is 1. The van der Waals surface area contributed by atoms with Crippen molar-refractivity contribution >= 4 is 24.2 Å². The summed E-state index contributed by atoms with van der Waals surface area (Å²) in [4.78, 5) is 12.1. The van der Waals surface area contributed by atoms with Gasteiger partial charge in [-0.25, -0.2) is 8.78 Å². The Hall–Kier alpha value is -2.25. The maximum absolute atomic E-state index is 14.6. The Balaban J connectivity index is 1.77. The molecule has 7 heteroatoms. The second-order valence-electron chi connectivity index (χ2n) is 7.29. The normalized spacial score (nSPS) is 18.0. The molecule has 26 heavy (non-hydrogen) atoms. The average molecular weight is 359 g/mol. The maximum atomic E-state index is 14.6. The predicted octanol–water partition coefficient (Wildman–Crippen LogP) is 3.52. The van der Waals surface area contributed by atoms with E-state index in [1.807, 2.05) is 27.7 Å². The minimum Gasteiger partial charge on any atom is -0.399 e. The van der Waals surface area contributed by atoms with Gasteiger partial charge in [-0.3, -0.25) is 4.79 Å². The highest BCUT2D eigenvalue weighted by molar-refractivity contribution is 6.62. The van der Waals surface area contributed by atoms with Crippen molar-refractivity contribution in [3.63, 3.8) is 0 Å². The number of benzene rings is 2. The van der Waals surface area contributed by atoms with Crippen molar-refractivity contribution in [1.29, 1.82) is 0 Å². The monoisotopic (exact) mass is 359 g/mol. The van der Waals surface area contributed by atoms with Crippen LogP contribution in [0.15, 0.2) is 42.5 Å². The van der Waals surface area contributed by atoms with E-state index in [0.29, 0.717) is 0 Å². The molecule has 2 aromatic rings. The largest absolute Gasteiger partial charge is 0.497 e. The standard InChI is InChI=1S/C19H20BF2NO3/c1-18(2)19(3,4)26-20(25-18)15-9-8-14(11-16(15)22)23-17(24)12-6-5-7-13(21)10-12/h5-11H,1-4H3,(H,23,24). The smallest absolute Gasteiger partial charge is 0.399 e. The number of carbonyl (C=O) groups is 1. The molecule has 0 aromatic heterocycles. The van der Waals surface area contributed by atoms with Gasteiger partial charge in [0.1, 0.15) is 11.6 Å². The lowest BCUT2D eigenvalue weighted by molar-refractivity contribution is 0.00578. The molecule has 0 aliphatic carbocycles. The van der Waals surface area contributed by atoms with Gasteiger partial charge < -0.3 is 14.6 Å². The summed E-state index contributed by atoms with van der Waals surface area (Å²) in [6.07, 6.45) is 0. The van der Waals surface area contributed by atoms with Crippen molar-refractivity contribution in [2.45, 2.75) is 38.9 Å². The Morgan fingerprint density at radius 3 is 2.23 bits per heavy atom. The summed E-state index contributed by atoms with van der Waals surface area (Å²) in [6, 6.07) is 9.54. The second kappa shape index (κ2) is 6.48. The summed E-state index contributed by atoms with van der Waals surface area (Å²) in [5.74, 6) is -1.59. The van der Waals surface area contributed by atoms with Crippen molar-refractivity contribution in [3.8, 4) is 0 Å². The fraction of sp³-hybridized carbons (Fsp3) is 0.316. The van der Waals surface area contributed by atoms with Gasteiger partial charge in [-0.1, -0.05) is 12.1 Å². The minimum absolute atomic E-state index is 0.153. The predicted molar refractivity (Wildman–Crippen MR) is 96.5 cm³/mol. The quantitative estimate of drug-likeness (QED) is 0.854. The van der Waals surface area contributed by atoms with E-state index < -0.39 is 35.9 Å². The first-order valence-corrected chi connectivity index (χ1v) is 8.31. The zero-order valence-corrected chi connectivity index (χ0v) is 15.1. The number of amides is 1. The van der Waals surface area contributed by atoms with Gasteiger partial charge in [0.15, 0.2) is 0 Å². The topological polar surface area (TPSA) is 47.6 Å². The SMILES string of the molecule is CC1(C)OB(c2ccc(NC(=O)c3cccc(F)c3)cc2F)OC1(C)C. The molecule has 0 radical (unpaired) electrons. The molecule has 0 atom stereocenters. The highest BCUT2D eigenvalue weighted by Gasteiger charge is 2.52. The molecule has 136 valence electrons. The van der Waals surface area contributed by atoms with Crippen LogP contribution in [0, 0.1) is 11.6 Å². The van der Waals surface area contributed by atoms with Crippen LogP contribution < -0.4 is 10.8 Å². The molecule has 0 bridgehead atoms. The first kappa shape index (κ1) is 18.5. The van der Waals surface area contributed by atoms with Crippen LogP contribution in [-0.2, 0) is 9.31 Å². The van der Waals surface area contributed by atoms with Crippen molar-refractivity contribution < 1.29 is 22.9 Å². The first-order chi connectivity index (χ1) is 12.1. The number of carbonyl (C=O) groups excluding carboxylic acids is 1. The molecule has 1 amide bonds. The molecule has 0 spiro atoms. The molecule has 2 aromatic carbocycles. The number of anilines is 1. The van der Waals surface area contributed by atoms with Gasteiger partial charge in [-0.15, -0.1) is 0 Å². The fourth-order valence-electron chi connectivity index (χ4n) is 2.60. The average Bonchev–Trinajstić information content (AvgIpc) is 2.75. The Morgan fingerprint density at radius 2 is 1.65 bits per heavy atom. The van der Waals surface area contributed by atoms with Gasteiger partial charge in [-0.05, 0) is 58.0 Å². The molecule has 1 aliphatic rings. The Kier molecular flexibility index (Phi) is 4.62. The summed E-state index contributed by atoms with van der Waals surface area (Å²) >= 11 is 0. The van der Waals surface area contributed by atoms with E-state index >= 15 is 0 Å². The van der Waals surface area contributed by atoms with Crippen molar-refractivity contribution in [2.75, 3.05) is 5.32 Å². The molecule has 0 saturated carbocycles. The van der Waals surface area contributed by atoms with Gasteiger partial charge in [0.05, 0.1) is 11.2 Å². The molecule has 0 unspecified atom stereocenters. The zero-order chi connectivity index (χ0) is 19.1. The fourth-order valence-corrected chi connectivity index (χ4v) is 2.60. The van der Waals surface area contributed by atoms with Crippen LogP contribution in [0.2, 0.25) is 0 Å². The van der Waals surface area contributed by atoms with Gasteiger partial charge in [0.25, 0.3) is 5.91 Å². The molecule has 1 aliphatic heterocycles. The van der Waals surface area contributed by atoms with Crippen molar-refractivity contribution in [3.05, 3.63) is 59.7 Å². The number of hydrogen-bond acceptors (Lipinski definition) is 3. The molecule has 1 heterocycles. The maximum Gasteiger partial charge on any atom is 0.497 e. The van der Waals surface area contributed by atoms with Gasteiger partial charge >= 0.3 is 7.12 Å². The summed E-state index contributed by atoms with van der Waals surface area (Å²) < 4.78 is 39.5. The van der Waals surface area contributed by atoms with E-state index in [1.54, 1.807) is 6.07 Å². The zero-order valence-electron chi connectivity index (χ0n) is 15.1. The van der Waals surface area contributed by atoms with E-state index in [9.17, 15) is 13.6 Å². The van der Waals surface area contributed by atoms with E-state index in [0.717, 1.165) is 6.07 Å². The molecule has 4 nitrogen and oxygen atoms in total. The summed E-state index contributed by atoms with van der Waals surface area (Å²) in [5.41, 5.74) is -0.479. The number of hydrogen-bond donors (Lipinski definition) is 1. The highest BCUT2D eigenvalue weighted by Crippen LogP contribution is 2.36. The van der Waals surface area contributed by atoms with Gasteiger partial charge in [-0.2, -0.15) is 0 Å². The third-order valence-electron chi connectivity index (χ3n) is 4.85. The molecule has 1 fully saturated rings. The molecule has 1 saturated heterocycles. The Labute approximate surface area is 151 Å². The molecular formula is C19H20BF2NO3. The van der Waals surface area contributed by atoms with Crippen LogP contribution in [0.4, 0.5) is 14.5 Å². The third-order valence-corrected chi connectivity index (χ3v) is 4.85. The molecule has 1 N–H and O–H groups in total. The third kappa shape index (κ3) is 3.50. The van der Waals surface area contributed by atoms with Crippen molar-refractivity contribution in [1.82, 2.24) is 0 Å². The molecule has 3 rings (SSSR count). The minimum atomic E-state index is -0.826. The van der Waals surface area contributed by atoms with Crippen LogP contribution in [0.3, 0.4) is 0 Å². The summed E-state index contributed by atoms with van der Waals surface area (Å²) in [7, 11) is -0.826. The van der Waals surface area contributed by atoms with Crippen LogP contribution in [0.25, 0.3) is 0 Å². The number of rotatable bonds is 3. The number of halogens is 2.